The molecule has 0 amide bonds. The van der Waals surface area contributed by atoms with Gasteiger partial charge in [0.1, 0.15) is 0 Å². The van der Waals surface area contributed by atoms with E-state index in [1.54, 1.807) is 0 Å². The highest BCUT2D eigenvalue weighted by Crippen LogP contribution is 2.08. The molecule has 0 aromatic heterocycles. The minimum atomic E-state index is -4.26. The molecule has 0 saturated heterocycles. The van der Waals surface area contributed by atoms with Gasteiger partial charge in [-0.15, -0.1) is 0 Å². The van der Waals surface area contributed by atoms with Crippen LogP contribution in [0.1, 0.15) is 71.1 Å². The Bertz CT molecular complexity index is 309. The van der Waals surface area contributed by atoms with Gasteiger partial charge in [-0.1, -0.05) is 57.6 Å². The zero-order chi connectivity index (χ0) is 14.4. The third-order valence-electron chi connectivity index (χ3n) is 2.89. The minimum absolute atomic E-state index is 0.0423. The van der Waals surface area contributed by atoms with E-state index in [2.05, 4.69) is 17.2 Å². The van der Waals surface area contributed by atoms with E-state index in [1.165, 1.54) is 44.9 Å². The van der Waals surface area contributed by atoms with Crippen molar-refractivity contribution in [1.29, 1.82) is 0 Å². The molecule has 1 N–H and O–H groups in total. The molecular weight excluding hydrogens is 264 g/mol. The average molecular weight is 292 g/mol. The molecular formula is C14H28O4S. The largest absolute Gasteiger partial charge is 0.397 e. The van der Waals surface area contributed by atoms with Crippen LogP contribution in [-0.2, 0) is 14.6 Å². The van der Waals surface area contributed by atoms with Crippen molar-refractivity contribution in [1.82, 2.24) is 0 Å². The summed E-state index contributed by atoms with van der Waals surface area (Å²) in [5.41, 5.74) is 0. The number of hydrogen-bond donors (Lipinski definition) is 1. The highest BCUT2D eigenvalue weighted by atomic mass is 32.3. The van der Waals surface area contributed by atoms with E-state index in [0.29, 0.717) is 6.42 Å². The Balaban J connectivity index is 3.17. The van der Waals surface area contributed by atoms with E-state index in [1.807, 2.05) is 6.08 Å². The summed E-state index contributed by atoms with van der Waals surface area (Å²) in [6.07, 6.45) is 15.9. The topological polar surface area (TPSA) is 63.6 Å². The molecule has 0 unspecified atom stereocenters. The maximum atomic E-state index is 10.2. The lowest BCUT2D eigenvalue weighted by Crippen LogP contribution is -2.04. The first-order chi connectivity index (χ1) is 9.06. The summed E-state index contributed by atoms with van der Waals surface area (Å²) in [5.74, 6) is 0. The van der Waals surface area contributed by atoms with Crippen LogP contribution in [0.4, 0.5) is 0 Å². The molecule has 0 spiro atoms. The van der Waals surface area contributed by atoms with Crippen LogP contribution in [0.2, 0.25) is 0 Å². The summed E-state index contributed by atoms with van der Waals surface area (Å²) in [4.78, 5) is 0. The summed E-state index contributed by atoms with van der Waals surface area (Å²) in [5, 5.41) is 0. The molecule has 0 rings (SSSR count). The van der Waals surface area contributed by atoms with Crippen LogP contribution < -0.4 is 0 Å². The number of rotatable bonds is 13. The molecule has 0 bridgehead atoms. The van der Waals surface area contributed by atoms with Crippen LogP contribution in [0.3, 0.4) is 0 Å². The smallest absolute Gasteiger partial charge is 0.264 e. The molecule has 0 heterocycles. The SMILES string of the molecule is CCCCCCCCCC=CCCCOS(=O)(=O)O. The van der Waals surface area contributed by atoms with E-state index in [4.69, 9.17) is 4.55 Å². The van der Waals surface area contributed by atoms with Crippen molar-refractivity contribution >= 4 is 10.4 Å². The Hall–Kier alpha value is -0.390. The third-order valence-corrected chi connectivity index (χ3v) is 3.35. The second kappa shape index (κ2) is 12.6. The van der Waals surface area contributed by atoms with Gasteiger partial charge in [-0.25, -0.2) is 4.18 Å². The normalized spacial score (nSPS) is 12.3. The van der Waals surface area contributed by atoms with Gasteiger partial charge < -0.3 is 0 Å². The highest BCUT2D eigenvalue weighted by Gasteiger charge is 2.01. The molecule has 0 radical (unpaired) electrons. The van der Waals surface area contributed by atoms with Crippen LogP contribution in [0.25, 0.3) is 0 Å². The van der Waals surface area contributed by atoms with Crippen molar-refractivity contribution in [2.45, 2.75) is 71.1 Å². The lowest BCUT2D eigenvalue weighted by Gasteiger charge is -1.99. The first-order valence-electron chi connectivity index (χ1n) is 7.33. The summed E-state index contributed by atoms with van der Waals surface area (Å²) >= 11 is 0. The van der Waals surface area contributed by atoms with Crippen LogP contribution in [0.15, 0.2) is 12.2 Å². The Morgan fingerprint density at radius 3 is 2.00 bits per heavy atom. The van der Waals surface area contributed by atoms with E-state index < -0.39 is 10.4 Å². The predicted molar refractivity (Wildman–Crippen MR) is 78.5 cm³/mol. The zero-order valence-electron chi connectivity index (χ0n) is 12.0. The summed E-state index contributed by atoms with van der Waals surface area (Å²) in [6, 6.07) is 0. The Morgan fingerprint density at radius 1 is 0.895 bits per heavy atom. The van der Waals surface area contributed by atoms with E-state index in [-0.39, 0.29) is 6.61 Å². The number of allylic oxidation sites excluding steroid dienone is 2. The van der Waals surface area contributed by atoms with Crippen molar-refractivity contribution in [3.8, 4) is 0 Å². The van der Waals surface area contributed by atoms with Crippen LogP contribution >= 0.6 is 0 Å². The molecule has 114 valence electrons. The average Bonchev–Trinajstić information content (AvgIpc) is 2.34. The standard InChI is InChI=1S/C14H28O4S/c1-2-3-4-5-6-7-8-9-10-11-12-13-14-18-19(15,16)17/h10-11H,2-9,12-14H2,1H3,(H,15,16,17). The first-order valence-corrected chi connectivity index (χ1v) is 8.69. The van der Waals surface area contributed by atoms with Gasteiger partial charge in [-0.05, 0) is 25.7 Å². The Kier molecular flexibility index (Phi) is 12.4. The molecule has 0 saturated carbocycles. The van der Waals surface area contributed by atoms with Crippen LogP contribution in [-0.4, -0.2) is 19.6 Å². The second-order valence-electron chi connectivity index (χ2n) is 4.77. The van der Waals surface area contributed by atoms with Gasteiger partial charge in [0.05, 0.1) is 6.61 Å². The fourth-order valence-corrected chi connectivity index (χ4v) is 2.15. The molecule has 0 aromatic carbocycles. The highest BCUT2D eigenvalue weighted by molar-refractivity contribution is 7.80. The molecule has 0 aliphatic carbocycles. The lowest BCUT2D eigenvalue weighted by atomic mass is 10.1. The third kappa shape index (κ3) is 17.6. The van der Waals surface area contributed by atoms with Crippen molar-refractivity contribution in [3.63, 3.8) is 0 Å². The molecule has 0 aliphatic heterocycles. The summed E-state index contributed by atoms with van der Waals surface area (Å²) < 4.78 is 33.0. The van der Waals surface area contributed by atoms with Crippen molar-refractivity contribution in [3.05, 3.63) is 12.2 Å². The molecule has 5 heteroatoms. The summed E-state index contributed by atoms with van der Waals surface area (Å²) in [6.45, 7) is 2.27. The first kappa shape index (κ1) is 18.6. The fraction of sp³-hybridized carbons (Fsp3) is 0.857. The molecule has 0 aliphatic rings. The minimum Gasteiger partial charge on any atom is -0.264 e. The second-order valence-corrected chi connectivity index (χ2v) is 5.86. The maximum absolute atomic E-state index is 10.2. The van der Waals surface area contributed by atoms with Crippen LogP contribution in [0.5, 0.6) is 0 Å². The molecule has 4 nitrogen and oxygen atoms in total. The lowest BCUT2D eigenvalue weighted by molar-refractivity contribution is 0.265. The Morgan fingerprint density at radius 2 is 1.42 bits per heavy atom. The number of unbranched alkanes of at least 4 members (excludes halogenated alkanes) is 8. The van der Waals surface area contributed by atoms with E-state index >= 15 is 0 Å². The van der Waals surface area contributed by atoms with Crippen molar-refractivity contribution in [2.75, 3.05) is 6.61 Å². The van der Waals surface area contributed by atoms with Crippen LogP contribution in [0, 0.1) is 0 Å². The van der Waals surface area contributed by atoms with Crippen molar-refractivity contribution in [2.24, 2.45) is 0 Å². The maximum Gasteiger partial charge on any atom is 0.397 e. The molecule has 0 aromatic rings. The fourth-order valence-electron chi connectivity index (χ4n) is 1.82. The Labute approximate surface area is 118 Å². The monoisotopic (exact) mass is 292 g/mol. The molecule has 19 heavy (non-hydrogen) atoms. The molecule has 0 atom stereocenters. The van der Waals surface area contributed by atoms with Gasteiger partial charge in [0, 0.05) is 0 Å². The van der Waals surface area contributed by atoms with Crippen molar-refractivity contribution < 1.29 is 17.2 Å². The zero-order valence-corrected chi connectivity index (χ0v) is 12.8. The number of hydrogen-bond acceptors (Lipinski definition) is 3. The van der Waals surface area contributed by atoms with Gasteiger partial charge in [-0.3, -0.25) is 4.55 Å². The van der Waals surface area contributed by atoms with Gasteiger partial charge in [0.2, 0.25) is 0 Å². The predicted octanol–water partition coefficient (Wildman–Crippen LogP) is 4.28. The van der Waals surface area contributed by atoms with Gasteiger partial charge >= 0.3 is 10.4 Å². The van der Waals surface area contributed by atoms with Gasteiger partial charge in [0.15, 0.2) is 0 Å². The van der Waals surface area contributed by atoms with E-state index in [0.717, 1.165) is 12.8 Å². The quantitative estimate of drug-likeness (QED) is 0.312. The van der Waals surface area contributed by atoms with Gasteiger partial charge in [0.25, 0.3) is 0 Å². The molecule has 0 fully saturated rings. The summed E-state index contributed by atoms with van der Waals surface area (Å²) in [7, 11) is -4.26. The van der Waals surface area contributed by atoms with Gasteiger partial charge in [-0.2, -0.15) is 8.42 Å². The van der Waals surface area contributed by atoms with E-state index in [9.17, 15) is 8.42 Å².